The van der Waals surface area contributed by atoms with Gasteiger partial charge in [-0.2, -0.15) is 4.31 Å². The van der Waals surface area contributed by atoms with Gasteiger partial charge in [0, 0.05) is 37.0 Å². The molecule has 0 spiro atoms. The Balaban J connectivity index is 2.40. The van der Waals surface area contributed by atoms with Gasteiger partial charge in [-0.3, -0.25) is 14.5 Å². The number of anilines is 1. The van der Waals surface area contributed by atoms with Crippen molar-refractivity contribution in [2.45, 2.75) is 18.7 Å². The van der Waals surface area contributed by atoms with Gasteiger partial charge in [0.25, 0.3) is 5.91 Å². The first-order chi connectivity index (χ1) is 14.3. The lowest BCUT2D eigenvalue weighted by Gasteiger charge is -2.23. The highest BCUT2D eigenvalue weighted by atomic mass is 32.2. The van der Waals surface area contributed by atoms with Crippen molar-refractivity contribution in [3.05, 3.63) is 59.7 Å². The van der Waals surface area contributed by atoms with Crippen LogP contribution in [-0.2, 0) is 14.8 Å². The molecule has 0 radical (unpaired) electrons. The van der Waals surface area contributed by atoms with Gasteiger partial charge in [-0.25, -0.2) is 8.42 Å². The molecule has 0 aliphatic carbocycles. The number of nitrogens with one attached hydrogen (secondary N) is 1. The summed E-state index contributed by atoms with van der Waals surface area (Å²) in [4.78, 5) is 26.5. The van der Waals surface area contributed by atoms with Crippen LogP contribution in [0.15, 0.2) is 53.4 Å². The molecule has 0 bridgehead atoms. The van der Waals surface area contributed by atoms with Crippen LogP contribution in [0.2, 0.25) is 0 Å². The van der Waals surface area contributed by atoms with Gasteiger partial charge in [-0.1, -0.05) is 25.8 Å². The third-order valence-electron chi connectivity index (χ3n) is 4.59. The van der Waals surface area contributed by atoms with Crippen LogP contribution >= 0.6 is 0 Å². The second-order valence-corrected chi connectivity index (χ2v) is 8.31. The molecule has 0 atom stereocenters. The highest BCUT2D eigenvalue weighted by Crippen LogP contribution is 2.21. The molecule has 158 valence electrons. The lowest BCUT2D eigenvalue weighted by Crippen LogP contribution is -2.39. The topological polar surface area (TPSA) is 86.8 Å². The third kappa shape index (κ3) is 5.06. The first kappa shape index (κ1) is 23.1. The van der Waals surface area contributed by atoms with Crippen LogP contribution < -0.4 is 10.2 Å². The molecule has 0 aliphatic heterocycles. The summed E-state index contributed by atoms with van der Waals surface area (Å²) in [7, 11) is -2.14. The van der Waals surface area contributed by atoms with Crippen LogP contribution in [0.5, 0.6) is 0 Å². The molecule has 0 heterocycles. The lowest BCUT2D eigenvalue weighted by molar-refractivity contribution is -0.119. The van der Waals surface area contributed by atoms with E-state index in [1.165, 1.54) is 40.5 Å². The van der Waals surface area contributed by atoms with Crippen molar-refractivity contribution in [3.8, 4) is 12.3 Å². The zero-order chi connectivity index (χ0) is 22.3. The van der Waals surface area contributed by atoms with Gasteiger partial charge in [-0.15, -0.1) is 6.42 Å². The van der Waals surface area contributed by atoms with Gasteiger partial charge in [0.2, 0.25) is 15.9 Å². The molecule has 7 nitrogen and oxygen atoms in total. The highest BCUT2D eigenvalue weighted by molar-refractivity contribution is 7.89. The van der Waals surface area contributed by atoms with Crippen molar-refractivity contribution in [2.75, 3.05) is 31.6 Å². The molecule has 8 heteroatoms. The molecular weight excluding hydrogens is 402 g/mol. The number of hydrogen-bond acceptors (Lipinski definition) is 4. The fourth-order valence-corrected chi connectivity index (χ4v) is 4.36. The van der Waals surface area contributed by atoms with Crippen molar-refractivity contribution in [1.29, 1.82) is 0 Å². The number of rotatable bonds is 8. The Morgan fingerprint density at radius 3 is 2.23 bits per heavy atom. The minimum atomic E-state index is -3.63. The van der Waals surface area contributed by atoms with Crippen molar-refractivity contribution < 1.29 is 18.0 Å². The maximum absolute atomic E-state index is 13.1. The Bertz CT molecular complexity index is 1050. The van der Waals surface area contributed by atoms with Gasteiger partial charge < -0.3 is 5.32 Å². The smallest absolute Gasteiger partial charge is 0.258 e. The molecule has 0 aromatic heterocycles. The average Bonchev–Trinajstić information content (AvgIpc) is 2.77. The lowest BCUT2D eigenvalue weighted by atomic mass is 10.1. The maximum atomic E-state index is 13.1. The number of carbonyl (C=O) groups is 2. The van der Waals surface area contributed by atoms with E-state index in [9.17, 15) is 18.0 Å². The number of sulfonamides is 1. The molecule has 2 aromatic carbocycles. The van der Waals surface area contributed by atoms with E-state index in [1.54, 1.807) is 38.1 Å². The van der Waals surface area contributed by atoms with E-state index in [0.717, 1.165) is 0 Å². The Morgan fingerprint density at radius 1 is 1.07 bits per heavy atom. The molecule has 2 rings (SSSR count). The summed E-state index contributed by atoms with van der Waals surface area (Å²) in [5.41, 5.74) is 1.30. The zero-order valence-corrected chi connectivity index (χ0v) is 18.1. The summed E-state index contributed by atoms with van der Waals surface area (Å²) in [5, 5.41) is 2.50. The number of amides is 2. The summed E-state index contributed by atoms with van der Waals surface area (Å²) in [5.74, 6) is 1.71. The van der Waals surface area contributed by atoms with E-state index in [2.05, 4.69) is 11.2 Å². The second kappa shape index (κ2) is 10.1. The largest absolute Gasteiger partial charge is 0.358 e. The van der Waals surface area contributed by atoms with E-state index in [4.69, 9.17) is 6.42 Å². The summed E-state index contributed by atoms with van der Waals surface area (Å²) >= 11 is 0. The van der Waals surface area contributed by atoms with Gasteiger partial charge in [0.05, 0.1) is 4.90 Å². The van der Waals surface area contributed by atoms with E-state index < -0.39 is 15.9 Å². The Kier molecular flexibility index (Phi) is 7.75. The predicted octanol–water partition coefficient (Wildman–Crippen LogP) is 2.09. The number of carbonyl (C=O) groups excluding carboxylic acids is 2. The van der Waals surface area contributed by atoms with Crippen LogP contribution in [-0.4, -0.2) is 51.2 Å². The highest BCUT2D eigenvalue weighted by Gasteiger charge is 2.24. The molecule has 0 fully saturated rings. The molecule has 0 aliphatic rings. The van der Waals surface area contributed by atoms with Crippen LogP contribution in [0.3, 0.4) is 0 Å². The molecule has 1 N–H and O–H groups in total. The minimum absolute atomic E-state index is 0.106. The number of terminal acetylenes is 1. The molecule has 0 saturated heterocycles. The fraction of sp³-hybridized carbons (Fsp3) is 0.273. The molecule has 0 unspecified atom stereocenters. The first-order valence-electron chi connectivity index (χ1n) is 9.47. The monoisotopic (exact) mass is 427 g/mol. The standard InChI is InChI=1S/C22H25N3O4S/c1-5-17-9-8-10-19(15-17)25(16-21(26)23-4)22(27)18-11-13-20(14-12-18)30(28,29)24(6-2)7-3/h1,8-15H,6-7,16H2,2-4H3,(H,23,26). The SMILES string of the molecule is C#Cc1cccc(N(CC(=O)NC)C(=O)c2ccc(S(=O)(=O)N(CC)CC)cc2)c1. The van der Waals surface area contributed by atoms with Crippen LogP contribution in [0, 0.1) is 12.3 Å². The second-order valence-electron chi connectivity index (χ2n) is 6.37. The van der Waals surface area contributed by atoms with Gasteiger partial charge in [-0.05, 0) is 42.5 Å². The molecule has 2 amide bonds. The number of hydrogen-bond donors (Lipinski definition) is 1. The zero-order valence-electron chi connectivity index (χ0n) is 17.3. The number of benzene rings is 2. The summed E-state index contributed by atoms with van der Waals surface area (Å²) in [6.07, 6.45) is 5.44. The van der Waals surface area contributed by atoms with Gasteiger partial charge in [0.15, 0.2) is 0 Å². The van der Waals surface area contributed by atoms with Gasteiger partial charge in [0.1, 0.15) is 6.54 Å². The van der Waals surface area contributed by atoms with Gasteiger partial charge >= 0.3 is 0 Å². The number of nitrogens with zero attached hydrogens (tertiary/aromatic N) is 2. The van der Waals surface area contributed by atoms with Crippen molar-refractivity contribution >= 4 is 27.5 Å². The Hall–Kier alpha value is -3.15. The quantitative estimate of drug-likeness (QED) is 0.654. The Morgan fingerprint density at radius 2 is 1.70 bits per heavy atom. The van der Waals surface area contributed by atoms with Crippen LogP contribution in [0.4, 0.5) is 5.69 Å². The van der Waals surface area contributed by atoms with Crippen molar-refractivity contribution in [3.63, 3.8) is 0 Å². The van der Waals surface area contributed by atoms with E-state index in [1.807, 2.05) is 0 Å². The van der Waals surface area contributed by atoms with E-state index in [-0.39, 0.29) is 22.9 Å². The molecule has 30 heavy (non-hydrogen) atoms. The van der Waals surface area contributed by atoms with Crippen LogP contribution in [0.25, 0.3) is 0 Å². The van der Waals surface area contributed by atoms with Crippen LogP contribution in [0.1, 0.15) is 29.8 Å². The van der Waals surface area contributed by atoms with Crippen molar-refractivity contribution in [1.82, 2.24) is 9.62 Å². The molecule has 0 saturated carbocycles. The Labute approximate surface area is 177 Å². The summed E-state index contributed by atoms with van der Waals surface area (Å²) in [6.45, 7) is 4.03. The average molecular weight is 428 g/mol. The normalized spacial score (nSPS) is 11.0. The third-order valence-corrected chi connectivity index (χ3v) is 6.66. The van der Waals surface area contributed by atoms with E-state index in [0.29, 0.717) is 24.3 Å². The number of likely N-dealkylation sites (N-methyl/N-ethyl adjacent to an activating group) is 1. The first-order valence-corrected chi connectivity index (χ1v) is 10.9. The molecular formula is C22H25N3O4S. The fourth-order valence-electron chi connectivity index (χ4n) is 2.90. The predicted molar refractivity (Wildman–Crippen MR) is 117 cm³/mol. The maximum Gasteiger partial charge on any atom is 0.258 e. The van der Waals surface area contributed by atoms with E-state index >= 15 is 0 Å². The summed E-state index contributed by atoms with van der Waals surface area (Å²) < 4.78 is 26.6. The minimum Gasteiger partial charge on any atom is -0.358 e. The molecule has 2 aromatic rings. The summed E-state index contributed by atoms with van der Waals surface area (Å²) in [6, 6.07) is 12.4. The van der Waals surface area contributed by atoms with Crippen molar-refractivity contribution in [2.24, 2.45) is 0 Å².